The molecule has 208 valence electrons. The number of rotatable bonds is 12. The lowest BCUT2D eigenvalue weighted by Gasteiger charge is -2.29. The Bertz CT molecular complexity index is 1350. The summed E-state index contributed by atoms with van der Waals surface area (Å²) in [4.78, 5) is 18.1. The second-order valence-corrected chi connectivity index (χ2v) is 11.4. The molecule has 0 saturated heterocycles. The molecule has 1 aromatic heterocycles. The normalized spacial score (nSPS) is 14.6. The molecular weight excluding hydrogens is 604 g/mol. The van der Waals surface area contributed by atoms with E-state index in [1.54, 1.807) is 23.6 Å². The van der Waals surface area contributed by atoms with Crippen LogP contribution in [0.2, 0.25) is 5.02 Å². The van der Waals surface area contributed by atoms with Gasteiger partial charge < -0.3 is 19.5 Å². The molecule has 1 aliphatic heterocycles. The van der Waals surface area contributed by atoms with Crippen LogP contribution in [0.5, 0.6) is 11.5 Å². The van der Waals surface area contributed by atoms with Crippen LogP contribution in [0.3, 0.4) is 0 Å². The number of methoxy groups -OCH3 is 1. The molecule has 1 atom stereocenters. The van der Waals surface area contributed by atoms with Gasteiger partial charge in [-0.3, -0.25) is 0 Å². The molecule has 4 rings (SSSR count). The van der Waals surface area contributed by atoms with E-state index in [1.165, 1.54) is 0 Å². The van der Waals surface area contributed by atoms with Gasteiger partial charge in [0.25, 0.3) is 0 Å². The van der Waals surface area contributed by atoms with E-state index in [9.17, 15) is 4.79 Å². The van der Waals surface area contributed by atoms with Gasteiger partial charge >= 0.3 is 5.97 Å². The summed E-state index contributed by atoms with van der Waals surface area (Å²) in [6, 6.07) is 10.7. The van der Waals surface area contributed by atoms with E-state index in [2.05, 4.69) is 40.1 Å². The molecule has 2 heterocycles. The van der Waals surface area contributed by atoms with Crippen molar-refractivity contribution in [2.75, 3.05) is 24.8 Å². The third-order valence-corrected chi connectivity index (χ3v) is 7.97. The second kappa shape index (κ2) is 13.6. The Labute approximate surface area is 246 Å². The summed E-state index contributed by atoms with van der Waals surface area (Å²) in [5.41, 5.74) is 2.89. The van der Waals surface area contributed by atoms with Gasteiger partial charge in [0.2, 0.25) is 11.1 Å². The van der Waals surface area contributed by atoms with Crippen molar-refractivity contribution in [3.8, 4) is 11.5 Å². The fraction of sp³-hybridized carbons (Fsp3) is 0.393. The number of hydrogen-bond acceptors (Lipinski definition) is 8. The summed E-state index contributed by atoms with van der Waals surface area (Å²) in [5.74, 6) is 2.15. The highest BCUT2D eigenvalue weighted by Crippen LogP contribution is 2.43. The molecule has 2 aromatic carbocycles. The topological polar surface area (TPSA) is 87.5 Å². The van der Waals surface area contributed by atoms with Gasteiger partial charge in [-0.05, 0) is 71.1 Å². The zero-order valence-corrected chi connectivity index (χ0v) is 25.6. The minimum absolute atomic E-state index is 0.331. The Hall–Kier alpha value is -2.69. The van der Waals surface area contributed by atoms with Gasteiger partial charge in [0, 0.05) is 16.5 Å². The SMILES string of the molecule is CCCCOC(=O)C1=C(C)Nc2nc(SCCC)nn2C1c1cc(Br)c(OCc2ccc(Cl)cc2)c(OC)c1. The summed E-state index contributed by atoms with van der Waals surface area (Å²) < 4.78 is 20.0. The second-order valence-electron chi connectivity index (χ2n) is 9.02. The van der Waals surface area contributed by atoms with Gasteiger partial charge in [0.15, 0.2) is 11.5 Å². The van der Waals surface area contributed by atoms with E-state index in [1.807, 2.05) is 43.3 Å². The average molecular weight is 636 g/mol. The van der Waals surface area contributed by atoms with Crippen molar-refractivity contribution < 1.29 is 19.0 Å². The lowest BCUT2D eigenvalue weighted by atomic mass is 9.95. The molecule has 39 heavy (non-hydrogen) atoms. The summed E-state index contributed by atoms with van der Waals surface area (Å²) in [6.07, 6.45) is 2.72. The predicted octanol–water partition coefficient (Wildman–Crippen LogP) is 7.42. The summed E-state index contributed by atoms with van der Waals surface area (Å²) >= 11 is 11.3. The zero-order chi connectivity index (χ0) is 27.9. The molecular formula is C28H32BrClN4O4S. The summed E-state index contributed by atoms with van der Waals surface area (Å²) in [5, 5.41) is 9.33. The first kappa shape index (κ1) is 29.3. The number of hydrogen-bond donors (Lipinski definition) is 1. The maximum absolute atomic E-state index is 13.4. The van der Waals surface area contributed by atoms with E-state index in [4.69, 9.17) is 30.9 Å². The molecule has 11 heteroatoms. The molecule has 0 bridgehead atoms. The number of benzene rings is 2. The first-order chi connectivity index (χ1) is 18.9. The first-order valence-electron chi connectivity index (χ1n) is 12.8. The molecule has 0 aliphatic carbocycles. The van der Waals surface area contributed by atoms with E-state index >= 15 is 0 Å². The van der Waals surface area contributed by atoms with Crippen LogP contribution >= 0.6 is 39.3 Å². The minimum atomic E-state index is -0.575. The van der Waals surface area contributed by atoms with Crippen LogP contribution in [-0.4, -0.2) is 40.2 Å². The fourth-order valence-electron chi connectivity index (χ4n) is 4.12. The minimum Gasteiger partial charge on any atom is -0.493 e. The smallest absolute Gasteiger partial charge is 0.338 e. The number of nitrogens with one attached hydrogen (secondary N) is 1. The van der Waals surface area contributed by atoms with Crippen molar-refractivity contribution in [1.82, 2.24) is 14.8 Å². The predicted molar refractivity (Wildman–Crippen MR) is 158 cm³/mol. The number of aromatic nitrogens is 3. The van der Waals surface area contributed by atoms with Gasteiger partial charge in [0.05, 0.1) is 23.8 Å². The standard InChI is InChI=1S/C28H32BrClN4O4S/c1-5-7-12-37-26(35)23-17(3)31-27-32-28(39-13-6-2)33-34(27)24(23)19-14-21(29)25(22(15-19)36-4)38-16-18-8-10-20(30)11-9-18/h8-11,14-15,24H,5-7,12-13,16H2,1-4H3,(H,31,32,33). The number of carbonyl (C=O) groups is 1. The van der Waals surface area contributed by atoms with Gasteiger partial charge in [0.1, 0.15) is 12.6 Å². The van der Waals surface area contributed by atoms with Crippen molar-refractivity contribution in [2.45, 2.75) is 57.8 Å². The zero-order valence-electron chi connectivity index (χ0n) is 22.4. The van der Waals surface area contributed by atoms with Crippen LogP contribution in [0.25, 0.3) is 0 Å². The fourth-order valence-corrected chi connectivity index (χ4v) is 5.50. The third-order valence-electron chi connectivity index (χ3n) is 6.08. The van der Waals surface area contributed by atoms with Crippen molar-refractivity contribution in [1.29, 1.82) is 0 Å². The van der Waals surface area contributed by atoms with E-state index < -0.39 is 6.04 Å². The molecule has 3 aromatic rings. The van der Waals surface area contributed by atoms with Crippen LogP contribution in [-0.2, 0) is 16.1 Å². The molecule has 1 aliphatic rings. The monoisotopic (exact) mass is 634 g/mol. The van der Waals surface area contributed by atoms with Crippen LogP contribution in [0.4, 0.5) is 5.95 Å². The largest absolute Gasteiger partial charge is 0.493 e. The summed E-state index contributed by atoms with van der Waals surface area (Å²) in [7, 11) is 1.59. The van der Waals surface area contributed by atoms with E-state index in [0.717, 1.165) is 36.1 Å². The molecule has 0 spiro atoms. The number of halogens is 2. The van der Waals surface area contributed by atoms with Gasteiger partial charge in [-0.25, -0.2) is 9.48 Å². The Morgan fingerprint density at radius 1 is 1.21 bits per heavy atom. The Balaban J connectivity index is 1.73. The molecule has 0 amide bonds. The third kappa shape index (κ3) is 6.91. The van der Waals surface area contributed by atoms with Gasteiger partial charge in [-0.2, -0.15) is 4.98 Å². The number of esters is 1. The van der Waals surface area contributed by atoms with Crippen LogP contribution in [0.15, 0.2) is 57.3 Å². The van der Waals surface area contributed by atoms with E-state index in [0.29, 0.717) is 56.6 Å². The number of thioether (sulfide) groups is 1. The highest BCUT2D eigenvalue weighted by atomic mass is 79.9. The molecule has 0 radical (unpaired) electrons. The number of nitrogens with zero attached hydrogens (tertiary/aromatic N) is 3. The Morgan fingerprint density at radius 2 is 1.97 bits per heavy atom. The van der Waals surface area contributed by atoms with E-state index in [-0.39, 0.29) is 5.97 Å². The lowest BCUT2D eigenvalue weighted by molar-refractivity contribution is -0.139. The molecule has 1 unspecified atom stereocenters. The maximum Gasteiger partial charge on any atom is 0.338 e. The Morgan fingerprint density at radius 3 is 2.67 bits per heavy atom. The molecule has 8 nitrogen and oxygen atoms in total. The highest BCUT2D eigenvalue weighted by molar-refractivity contribution is 9.10. The number of fused-ring (bicyclic) bond motifs is 1. The number of allylic oxidation sites excluding steroid dienone is 1. The number of ether oxygens (including phenoxy) is 3. The first-order valence-corrected chi connectivity index (χ1v) is 15.0. The Kier molecular flexibility index (Phi) is 10.2. The number of carbonyl (C=O) groups excluding carboxylic acids is 1. The van der Waals surface area contributed by atoms with Crippen molar-refractivity contribution in [3.05, 3.63) is 68.3 Å². The number of anilines is 1. The molecule has 1 N–H and O–H groups in total. The maximum atomic E-state index is 13.4. The van der Waals surface area contributed by atoms with Crippen molar-refractivity contribution in [2.24, 2.45) is 0 Å². The van der Waals surface area contributed by atoms with Crippen molar-refractivity contribution >= 4 is 51.2 Å². The molecule has 0 fully saturated rings. The summed E-state index contributed by atoms with van der Waals surface area (Å²) in [6.45, 7) is 6.71. The molecule has 0 saturated carbocycles. The lowest BCUT2D eigenvalue weighted by Crippen LogP contribution is -2.30. The van der Waals surface area contributed by atoms with Crippen LogP contribution in [0, 0.1) is 0 Å². The average Bonchev–Trinajstić information content (AvgIpc) is 3.33. The van der Waals surface area contributed by atoms with Gasteiger partial charge in [-0.1, -0.05) is 55.8 Å². The van der Waals surface area contributed by atoms with Crippen molar-refractivity contribution in [3.63, 3.8) is 0 Å². The van der Waals surface area contributed by atoms with Crippen LogP contribution in [0.1, 0.15) is 57.2 Å². The number of unbranched alkanes of at least 4 members (excludes halogenated alkanes) is 1. The van der Waals surface area contributed by atoms with Gasteiger partial charge in [-0.15, -0.1) is 5.10 Å². The van der Waals surface area contributed by atoms with Crippen LogP contribution < -0.4 is 14.8 Å². The highest BCUT2D eigenvalue weighted by Gasteiger charge is 2.36. The quantitative estimate of drug-likeness (QED) is 0.125.